The lowest BCUT2D eigenvalue weighted by Crippen LogP contribution is -2.57. The van der Waals surface area contributed by atoms with E-state index in [1.165, 1.54) is 25.7 Å². The lowest BCUT2D eigenvalue weighted by molar-refractivity contribution is 0.0487. The van der Waals surface area contributed by atoms with Crippen molar-refractivity contribution in [2.75, 3.05) is 13.1 Å². The second kappa shape index (κ2) is 5.71. The van der Waals surface area contributed by atoms with Gasteiger partial charge in [0.25, 0.3) is 0 Å². The van der Waals surface area contributed by atoms with Gasteiger partial charge < -0.3 is 4.90 Å². The first-order valence-corrected chi connectivity index (χ1v) is 7.02. The van der Waals surface area contributed by atoms with Gasteiger partial charge in [-0.2, -0.15) is 0 Å². The Hall–Kier alpha value is -0.770. The summed E-state index contributed by atoms with van der Waals surface area (Å²) >= 11 is 0. The predicted molar refractivity (Wildman–Crippen MR) is 68.6 cm³/mol. The van der Waals surface area contributed by atoms with Crippen LogP contribution in [0.15, 0.2) is 0 Å². The first kappa shape index (κ1) is 12.7. The lowest BCUT2D eigenvalue weighted by Gasteiger charge is -2.40. The third-order valence-electron chi connectivity index (χ3n) is 4.06. The minimum atomic E-state index is 0.102. The van der Waals surface area contributed by atoms with E-state index in [9.17, 15) is 4.79 Å². The summed E-state index contributed by atoms with van der Waals surface area (Å²) in [5.41, 5.74) is 3.11. The maximum atomic E-state index is 12.1. The summed E-state index contributed by atoms with van der Waals surface area (Å²) in [6, 6.07) is 1.03. The van der Waals surface area contributed by atoms with Crippen LogP contribution in [0.1, 0.15) is 52.4 Å². The van der Waals surface area contributed by atoms with Gasteiger partial charge in [-0.3, -0.25) is 5.43 Å². The summed E-state index contributed by atoms with van der Waals surface area (Å²) in [4.78, 5) is 14.1. The third-order valence-corrected chi connectivity index (χ3v) is 4.06. The van der Waals surface area contributed by atoms with Crippen LogP contribution in [0.2, 0.25) is 0 Å². The van der Waals surface area contributed by atoms with Crippen LogP contribution in [-0.2, 0) is 0 Å². The van der Waals surface area contributed by atoms with E-state index < -0.39 is 0 Å². The number of amides is 2. The third kappa shape index (κ3) is 3.12. The van der Waals surface area contributed by atoms with Crippen molar-refractivity contribution in [2.24, 2.45) is 0 Å². The minimum Gasteiger partial charge on any atom is -0.324 e. The van der Waals surface area contributed by atoms with E-state index in [0.29, 0.717) is 12.1 Å². The fourth-order valence-electron chi connectivity index (χ4n) is 2.92. The van der Waals surface area contributed by atoms with Crippen molar-refractivity contribution in [1.29, 1.82) is 0 Å². The van der Waals surface area contributed by atoms with Gasteiger partial charge in [-0.25, -0.2) is 9.80 Å². The molecule has 2 aliphatic heterocycles. The van der Waals surface area contributed by atoms with Gasteiger partial charge in [0.15, 0.2) is 0 Å². The fourth-order valence-corrected chi connectivity index (χ4v) is 2.92. The second-order valence-electron chi connectivity index (χ2n) is 5.50. The van der Waals surface area contributed by atoms with E-state index in [-0.39, 0.29) is 6.03 Å². The molecular formula is C13H25N3O. The molecule has 0 radical (unpaired) electrons. The average Bonchev–Trinajstić information content (AvgIpc) is 2.35. The van der Waals surface area contributed by atoms with Gasteiger partial charge in [0.05, 0.1) is 0 Å². The van der Waals surface area contributed by atoms with Crippen LogP contribution < -0.4 is 5.43 Å². The number of rotatable bonds is 1. The molecule has 2 aliphatic rings. The summed E-state index contributed by atoms with van der Waals surface area (Å²) in [5, 5.41) is 2.15. The molecule has 0 spiro atoms. The Morgan fingerprint density at radius 2 is 1.59 bits per heavy atom. The molecule has 0 aromatic heterocycles. The molecule has 2 unspecified atom stereocenters. The van der Waals surface area contributed by atoms with Crippen molar-refractivity contribution in [2.45, 2.75) is 64.5 Å². The number of piperidine rings is 2. The number of urea groups is 1. The number of hydrogen-bond acceptors (Lipinski definition) is 2. The molecule has 2 saturated heterocycles. The monoisotopic (exact) mass is 239 g/mol. The normalized spacial score (nSPS) is 31.3. The zero-order valence-corrected chi connectivity index (χ0v) is 11.1. The molecule has 2 fully saturated rings. The highest BCUT2D eigenvalue weighted by Gasteiger charge is 2.27. The van der Waals surface area contributed by atoms with Gasteiger partial charge in [-0.15, -0.1) is 0 Å². The first-order chi connectivity index (χ1) is 8.18. The zero-order valence-electron chi connectivity index (χ0n) is 11.1. The molecule has 2 rings (SSSR count). The number of carbonyl (C=O) groups is 1. The van der Waals surface area contributed by atoms with Crippen LogP contribution in [-0.4, -0.2) is 41.1 Å². The Bertz CT molecular complexity index is 253. The van der Waals surface area contributed by atoms with Crippen molar-refractivity contribution < 1.29 is 4.79 Å². The Labute approximate surface area is 104 Å². The van der Waals surface area contributed by atoms with E-state index in [4.69, 9.17) is 0 Å². The van der Waals surface area contributed by atoms with Gasteiger partial charge in [0.2, 0.25) is 0 Å². The molecule has 0 aromatic carbocycles. The van der Waals surface area contributed by atoms with Crippen LogP contribution in [0.4, 0.5) is 4.79 Å². The molecule has 4 nitrogen and oxygen atoms in total. The molecule has 98 valence electrons. The predicted octanol–water partition coefficient (Wildman–Crippen LogP) is 2.36. The molecule has 0 aliphatic carbocycles. The topological polar surface area (TPSA) is 35.6 Å². The summed E-state index contributed by atoms with van der Waals surface area (Å²) in [7, 11) is 0. The highest BCUT2D eigenvalue weighted by atomic mass is 16.2. The molecule has 2 amide bonds. The maximum absolute atomic E-state index is 12.1. The molecule has 0 aromatic rings. The Balaban J connectivity index is 1.87. The summed E-state index contributed by atoms with van der Waals surface area (Å²) < 4.78 is 0. The van der Waals surface area contributed by atoms with Crippen molar-refractivity contribution in [3.8, 4) is 0 Å². The molecule has 2 atom stereocenters. The molecular weight excluding hydrogens is 214 g/mol. The van der Waals surface area contributed by atoms with Gasteiger partial charge in [-0.05, 0) is 46.0 Å². The quantitative estimate of drug-likeness (QED) is 0.762. The molecule has 17 heavy (non-hydrogen) atoms. The largest absolute Gasteiger partial charge is 0.331 e. The Kier molecular flexibility index (Phi) is 4.26. The Morgan fingerprint density at radius 3 is 2.18 bits per heavy atom. The first-order valence-electron chi connectivity index (χ1n) is 7.02. The minimum absolute atomic E-state index is 0.102. The van der Waals surface area contributed by atoms with E-state index >= 15 is 0 Å². The summed E-state index contributed by atoms with van der Waals surface area (Å²) in [6.07, 6.45) is 7.21. The fraction of sp³-hybridized carbons (Fsp3) is 0.923. The van der Waals surface area contributed by atoms with Gasteiger partial charge >= 0.3 is 6.03 Å². The van der Waals surface area contributed by atoms with Crippen LogP contribution in [0.3, 0.4) is 0 Å². The van der Waals surface area contributed by atoms with E-state index in [2.05, 4.69) is 24.3 Å². The highest BCUT2D eigenvalue weighted by Crippen LogP contribution is 2.20. The van der Waals surface area contributed by atoms with Crippen molar-refractivity contribution >= 4 is 6.03 Å². The van der Waals surface area contributed by atoms with Crippen molar-refractivity contribution in [1.82, 2.24) is 15.3 Å². The molecule has 4 heteroatoms. The summed E-state index contributed by atoms with van der Waals surface area (Å²) in [6.45, 7) is 6.24. The van der Waals surface area contributed by atoms with Gasteiger partial charge in [0, 0.05) is 25.2 Å². The number of carbonyl (C=O) groups excluding carboxylic acids is 1. The lowest BCUT2D eigenvalue weighted by atomic mass is 10.00. The van der Waals surface area contributed by atoms with Gasteiger partial charge in [0.1, 0.15) is 0 Å². The molecule has 2 heterocycles. The van der Waals surface area contributed by atoms with Crippen LogP contribution in [0.5, 0.6) is 0 Å². The smallest absolute Gasteiger partial charge is 0.324 e. The maximum Gasteiger partial charge on any atom is 0.331 e. The molecule has 1 N–H and O–H groups in total. The number of hydrazine groups is 1. The highest BCUT2D eigenvalue weighted by molar-refractivity contribution is 5.73. The van der Waals surface area contributed by atoms with Gasteiger partial charge in [-0.1, -0.05) is 6.42 Å². The SMILES string of the molecule is CC1CCCC(C)N1NC(=O)N1CCCCC1. The van der Waals surface area contributed by atoms with Crippen molar-refractivity contribution in [3.63, 3.8) is 0 Å². The average molecular weight is 239 g/mol. The number of nitrogens with zero attached hydrogens (tertiary/aromatic N) is 2. The van der Waals surface area contributed by atoms with Crippen LogP contribution in [0.25, 0.3) is 0 Å². The summed E-state index contributed by atoms with van der Waals surface area (Å²) in [5.74, 6) is 0. The number of likely N-dealkylation sites (tertiary alicyclic amines) is 1. The molecule has 0 saturated carbocycles. The zero-order chi connectivity index (χ0) is 12.3. The van der Waals surface area contributed by atoms with E-state index in [0.717, 1.165) is 25.9 Å². The second-order valence-corrected chi connectivity index (χ2v) is 5.50. The number of hydrogen-bond donors (Lipinski definition) is 1. The van der Waals surface area contributed by atoms with Crippen molar-refractivity contribution in [3.05, 3.63) is 0 Å². The number of nitrogens with one attached hydrogen (secondary N) is 1. The van der Waals surface area contributed by atoms with E-state index in [1.807, 2.05) is 4.90 Å². The van der Waals surface area contributed by atoms with E-state index in [1.54, 1.807) is 0 Å². The Morgan fingerprint density at radius 1 is 1.00 bits per heavy atom. The van der Waals surface area contributed by atoms with Crippen LogP contribution >= 0.6 is 0 Å². The molecule has 0 bridgehead atoms. The van der Waals surface area contributed by atoms with Crippen LogP contribution in [0, 0.1) is 0 Å². The standard InChI is InChI=1S/C13H25N3O/c1-11-7-6-8-12(2)16(11)14-13(17)15-9-4-3-5-10-15/h11-12H,3-10H2,1-2H3,(H,14,17).